The number of ether oxygens (including phenoxy) is 3. The Balaban J connectivity index is 1.34. The van der Waals surface area contributed by atoms with Gasteiger partial charge in [0.2, 0.25) is 0 Å². The van der Waals surface area contributed by atoms with E-state index >= 15 is 0 Å². The Morgan fingerprint density at radius 2 is 1.80 bits per heavy atom. The zero-order chi connectivity index (χ0) is 25.2. The molecule has 5 atom stereocenters. The van der Waals surface area contributed by atoms with Crippen molar-refractivity contribution in [3.8, 4) is 0 Å². The molecule has 1 aromatic carbocycles. The third-order valence-corrected chi connectivity index (χ3v) is 6.60. The molecule has 0 radical (unpaired) electrons. The second-order valence-corrected chi connectivity index (χ2v) is 9.56. The summed E-state index contributed by atoms with van der Waals surface area (Å²) in [6.45, 7) is 3.81. The summed E-state index contributed by atoms with van der Waals surface area (Å²) in [6, 6.07) is 7.54. The number of carboxylic acids is 1. The van der Waals surface area contributed by atoms with Crippen LogP contribution in [0.2, 0.25) is 0 Å². The summed E-state index contributed by atoms with van der Waals surface area (Å²) in [4.78, 5) is 26.3. The molecule has 0 amide bonds. The maximum Gasteiger partial charge on any atom is 0.340 e. The standard InChI is InChI=1S/C27H39NO7/c1-18(12-8-6-4-3-5-7-9-15-25(30)31)33-27-23(29)16-24(19(2)34-27)35-26(32)21-17-28-22-14-11-10-13-20(21)22/h10-11,13-14,17-19,23-24,27-29H,3-9,12,15-16H2,1-2H3,(H,30,31). The Bertz CT molecular complexity index is 943. The SMILES string of the molecule is CC(CCCCCCCCCC(=O)O)OC1OC(C)C(OC(=O)c2c[nH]c3ccccc23)CC1O. The van der Waals surface area contributed by atoms with E-state index in [1.54, 1.807) is 6.20 Å². The molecular weight excluding hydrogens is 450 g/mol. The highest BCUT2D eigenvalue weighted by molar-refractivity contribution is 6.04. The van der Waals surface area contributed by atoms with Crippen LogP contribution in [0.3, 0.4) is 0 Å². The molecule has 5 unspecified atom stereocenters. The number of hydrogen-bond acceptors (Lipinski definition) is 6. The smallest absolute Gasteiger partial charge is 0.340 e. The third-order valence-electron chi connectivity index (χ3n) is 6.60. The number of para-hydroxylation sites is 1. The Hall–Kier alpha value is -2.42. The molecule has 1 aromatic heterocycles. The van der Waals surface area contributed by atoms with Gasteiger partial charge in [-0.15, -0.1) is 0 Å². The van der Waals surface area contributed by atoms with Crippen LogP contribution in [0.15, 0.2) is 30.5 Å². The van der Waals surface area contributed by atoms with E-state index in [1.165, 1.54) is 0 Å². The number of nitrogens with one attached hydrogen (secondary N) is 1. The van der Waals surface area contributed by atoms with Crippen LogP contribution >= 0.6 is 0 Å². The first-order valence-electron chi connectivity index (χ1n) is 12.8. The normalized spacial score (nSPS) is 23.3. The molecule has 1 saturated heterocycles. The maximum atomic E-state index is 12.7. The summed E-state index contributed by atoms with van der Waals surface area (Å²) in [6.07, 6.45) is 7.59. The Kier molecular flexibility index (Phi) is 10.6. The Labute approximate surface area is 207 Å². The molecule has 8 nitrogen and oxygen atoms in total. The minimum atomic E-state index is -0.875. The van der Waals surface area contributed by atoms with Crippen molar-refractivity contribution >= 4 is 22.8 Å². The highest BCUT2D eigenvalue weighted by Crippen LogP contribution is 2.27. The largest absolute Gasteiger partial charge is 0.481 e. The molecule has 35 heavy (non-hydrogen) atoms. The Morgan fingerprint density at radius 1 is 1.11 bits per heavy atom. The summed E-state index contributed by atoms with van der Waals surface area (Å²) >= 11 is 0. The molecule has 8 heteroatoms. The van der Waals surface area contributed by atoms with Crippen LogP contribution in [0.5, 0.6) is 0 Å². The molecule has 1 fully saturated rings. The van der Waals surface area contributed by atoms with Crippen LogP contribution < -0.4 is 0 Å². The highest BCUT2D eigenvalue weighted by atomic mass is 16.7. The fourth-order valence-corrected chi connectivity index (χ4v) is 4.53. The maximum absolute atomic E-state index is 12.7. The molecular formula is C27H39NO7. The van der Waals surface area contributed by atoms with Gasteiger partial charge >= 0.3 is 11.9 Å². The lowest BCUT2D eigenvalue weighted by atomic mass is 10.0. The number of esters is 1. The molecule has 2 aromatic rings. The van der Waals surface area contributed by atoms with E-state index in [9.17, 15) is 14.7 Å². The molecule has 3 rings (SSSR count). The van der Waals surface area contributed by atoms with E-state index < -0.39 is 36.5 Å². The van der Waals surface area contributed by atoms with Gasteiger partial charge in [-0.25, -0.2) is 4.79 Å². The van der Waals surface area contributed by atoms with Gasteiger partial charge in [-0.2, -0.15) is 0 Å². The number of aliphatic hydroxyl groups is 1. The fraction of sp³-hybridized carbons (Fsp3) is 0.630. The number of aromatic amines is 1. The van der Waals surface area contributed by atoms with E-state index in [0.29, 0.717) is 5.56 Å². The number of H-pyrrole nitrogens is 1. The number of aliphatic hydroxyl groups excluding tert-OH is 1. The van der Waals surface area contributed by atoms with Gasteiger partial charge < -0.3 is 29.4 Å². The first-order chi connectivity index (χ1) is 16.8. The number of carboxylic acid groups (broad SMARTS) is 1. The van der Waals surface area contributed by atoms with Crippen LogP contribution in [-0.2, 0) is 19.0 Å². The van der Waals surface area contributed by atoms with Crippen molar-refractivity contribution in [1.82, 2.24) is 4.98 Å². The quantitative estimate of drug-likeness (QED) is 0.247. The van der Waals surface area contributed by atoms with E-state index in [-0.39, 0.29) is 18.9 Å². The molecule has 0 bridgehead atoms. The summed E-state index contributed by atoms with van der Waals surface area (Å²) in [5.41, 5.74) is 1.33. The zero-order valence-corrected chi connectivity index (χ0v) is 20.8. The summed E-state index contributed by atoms with van der Waals surface area (Å²) in [5, 5.41) is 20.0. The predicted molar refractivity (Wildman–Crippen MR) is 132 cm³/mol. The average Bonchev–Trinajstić information content (AvgIpc) is 3.25. The number of fused-ring (bicyclic) bond motifs is 1. The van der Waals surface area contributed by atoms with Gasteiger partial charge in [-0.3, -0.25) is 4.79 Å². The van der Waals surface area contributed by atoms with E-state index in [0.717, 1.165) is 62.3 Å². The number of hydrogen-bond donors (Lipinski definition) is 3. The van der Waals surface area contributed by atoms with Crippen LogP contribution in [0.1, 0.15) is 88.4 Å². The number of aliphatic carboxylic acids is 1. The Morgan fingerprint density at radius 3 is 2.54 bits per heavy atom. The van der Waals surface area contributed by atoms with Crippen molar-refractivity contribution in [2.75, 3.05) is 0 Å². The van der Waals surface area contributed by atoms with Gasteiger partial charge in [0.05, 0.1) is 17.8 Å². The van der Waals surface area contributed by atoms with Crippen LogP contribution in [0.4, 0.5) is 0 Å². The van der Waals surface area contributed by atoms with Crippen LogP contribution in [0, 0.1) is 0 Å². The van der Waals surface area contributed by atoms with Gasteiger partial charge in [0.1, 0.15) is 12.2 Å². The van der Waals surface area contributed by atoms with Gasteiger partial charge in [0.25, 0.3) is 0 Å². The van der Waals surface area contributed by atoms with Crippen molar-refractivity contribution in [2.24, 2.45) is 0 Å². The van der Waals surface area contributed by atoms with Gasteiger partial charge in [-0.05, 0) is 32.8 Å². The summed E-state index contributed by atoms with van der Waals surface area (Å²) in [5.74, 6) is -1.16. The highest BCUT2D eigenvalue weighted by Gasteiger charge is 2.38. The lowest BCUT2D eigenvalue weighted by Gasteiger charge is -2.38. The summed E-state index contributed by atoms with van der Waals surface area (Å²) < 4.78 is 17.5. The minimum Gasteiger partial charge on any atom is -0.481 e. The zero-order valence-electron chi connectivity index (χ0n) is 20.8. The number of aromatic nitrogens is 1. The van der Waals surface area contributed by atoms with Crippen LogP contribution in [0.25, 0.3) is 10.9 Å². The fourth-order valence-electron chi connectivity index (χ4n) is 4.53. The molecule has 2 heterocycles. The minimum absolute atomic E-state index is 0.0530. The van der Waals surface area contributed by atoms with Crippen molar-refractivity contribution in [1.29, 1.82) is 0 Å². The first kappa shape index (κ1) is 27.2. The number of carbonyl (C=O) groups excluding carboxylic acids is 1. The molecule has 0 aliphatic carbocycles. The lowest BCUT2D eigenvalue weighted by molar-refractivity contribution is -0.273. The second kappa shape index (κ2) is 13.6. The average molecular weight is 490 g/mol. The summed E-state index contributed by atoms with van der Waals surface area (Å²) in [7, 11) is 0. The van der Waals surface area contributed by atoms with Crippen molar-refractivity contribution < 1.29 is 34.0 Å². The van der Waals surface area contributed by atoms with E-state index in [1.807, 2.05) is 38.1 Å². The monoisotopic (exact) mass is 489 g/mol. The first-order valence-corrected chi connectivity index (χ1v) is 12.8. The third kappa shape index (κ3) is 8.33. The lowest BCUT2D eigenvalue weighted by Crippen LogP contribution is -2.49. The second-order valence-electron chi connectivity index (χ2n) is 9.56. The van der Waals surface area contributed by atoms with Gasteiger partial charge in [0, 0.05) is 29.9 Å². The number of carbonyl (C=O) groups is 2. The van der Waals surface area contributed by atoms with E-state index in [2.05, 4.69) is 4.98 Å². The van der Waals surface area contributed by atoms with Gasteiger partial charge in [-0.1, -0.05) is 56.7 Å². The topological polar surface area (TPSA) is 118 Å². The van der Waals surface area contributed by atoms with Crippen LogP contribution in [-0.4, -0.2) is 57.8 Å². The predicted octanol–water partition coefficient (Wildman–Crippen LogP) is 5.19. The molecule has 0 saturated carbocycles. The molecule has 1 aliphatic heterocycles. The number of benzene rings is 1. The molecule has 1 aliphatic rings. The number of rotatable bonds is 14. The van der Waals surface area contributed by atoms with Crippen molar-refractivity contribution in [2.45, 2.75) is 109 Å². The molecule has 194 valence electrons. The van der Waals surface area contributed by atoms with E-state index in [4.69, 9.17) is 19.3 Å². The number of unbranched alkanes of at least 4 members (excludes halogenated alkanes) is 6. The van der Waals surface area contributed by atoms with Gasteiger partial charge in [0.15, 0.2) is 6.29 Å². The molecule has 0 spiro atoms. The van der Waals surface area contributed by atoms with Crippen molar-refractivity contribution in [3.63, 3.8) is 0 Å². The molecule has 3 N–H and O–H groups in total. The van der Waals surface area contributed by atoms with Crippen molar-refractivity contribution in [3.05, 3.63) is 36.0 Å².